The first-order valence-electron chi connectivity index (χ1n) is 12.7. The number of hydrogen-bond acceptors (Lipinski definition) is 6. The highest BCUT2D eigenvalue weighted by atomic mass is 19.1. The van der Waals surface area contributed by atoms with Gasteiger partial charge in [-0.15, -0.1) is 0 Å². The number of nitrogens with zero attached hydrogens (tertiary/aromatic N) is 2. The Morgan fingerprint density at radius 2 is 1.78 bits per heavy atom. The highest BCUT2D eigenvalue weighted by Gasteiger charge is 2.44. The van der Waals surface area contributed by atoms with Gasteiger partial charge in [0.05, 0.1) is 25.1 Å². The number of ether oxygens (including phenoxy) is 1. The summed E-state index contributed by atoms with van der Waals surface area (Å²) in [5, 5.41) is 0. The second-order valence-corrected chi connectivity index (χ2v) is 9.89. The molecule has 1 aliphatic carbocycles. The third-order valence-corrected chi connectivity index (χ3v) is 7.74. The first kappa shape index (κ1) is 28.4. The molecule has 1 aromatic heterocycles. The van der Waals surface area contributed by atoms with Gasteiger partial charge in [0.25, 0.3) is 0 Å². The lowest BCUT2D eigenvalue weighted by molar-refractivity contribution is -0.142. The van der Waals surface area contributed by atoms with E-state index in [1.165, 1.54) is 13.3 Å². The van der Waals surface area contributed by atoms with Crippen molar-refractivity contribution in [2.75, 3.05) is 20.3 Å². The molecule has 1 amide bonds. The third-order valence-electron chi connectivity index (χ3n) is 7.74. The van der Waals surface area contributed by atoms with E-state index in [1.54, 1.807) is 17.0 Å². The van der Waals surface area contributed by atoms with Gasteiger partial charge in [-0.2, -0.15) is 0 Å². The first-order valence-corrected chi connectivity index (χ1v) is 12.7. The minimum Gasteiger partial charge on any atom is -0.465 e. The molecule has 1 saturated heterocycles. The number of alkyl halides is 1. The highest BCUT2D eigenvalue weighted by Crippen LogP contribution is 2.38. The Kier molecular flexibility index (Phi) is 9.92. The first-order chi connectivity index (χ1) is 17.4. The Bertz CT molecular complexity index is 1050. The Morgan fingerprint density at radius 1 is 1.08 bits per heavy atom. The van der Waals surface area contributed by atoms with Crippen molar-refractivity contribution in [1.82, 2.24) is 9.88 Å². The van der Waals surface area contributed by atoms with E-state index in [2.05, 4.69) is 4.98 Å². The van der Waals surface area contributed by atoms with Gasteiger partial charge in [0, 0.05) is 36.3 Å². The predicted octanol–water partition coefficient (Wildman–Crippen LogP) is 4.10. The fourth-order valence-electron chi connectivity index (χ4n) is 5.69. The van der Waals surface area contributed by atoms with E-state index in [0.717, 1.165) is 18.4 Å². The molecule has 1 aliphatic heterocycles. The van der Waals surface area contributed by atoms with E-state index in [-0.39, 0.29) is 43.3 Å². The van der Waals surface area contributed by atoms with Crippen molar-refractivity contribution in [2.24, 2.45) is 17.6 Å². The Hall–Kier alpha value is -3.13. The molecule has 0 spiro atoms. The molecule has 3 atom stereocenters. The van der Waals surface area contributed by atoms with E-state index < -0.39 is 24.7 Å². The molecular weight excluding hydrogens is 473 g/mol. The third kappa shape index (κ3) is 6.42. The minimum atomic E-state index is -0.576. The van der Waals surface area contributed by atoms with E-state index in [0.29, 0.717) is 37.1 Å². The summed E-state index contributed by atoms with van der Waals surface area (Å²) in [5.74, 6) is -0.705. The van der Waals surface area contributed by atoms with Gasteiger partial charge in [0.2, 0.25) is 5.91 Å². The number of hydrogen-bond donors (Lipinski definition) is 1. The summed E-state index contributed by atoms with van der Waals surface area (Å²) in [6, 6.07) is 12.0. The number of carbonyl (C=O) groups is 3. The zero-order valence-electron chi connectivity index (χ0n) is 20.6. The lowest BCUT2D eigenvalue weighted by atomic mass is 9.78. The molecule has 1 aromatic carbocycles. The summed E-state index contributed by atoms with van der Waals surface area (Å²) >= 11 is 0. The van der Waals surface area contributed by atoms with E-state index >= 15 is 0 Å². The fraction of sp³-hybridized carbons (Fsp3) is 0.517. The molecule has 8 heteroatoms. The standard InChI is InChI=1S/C28H34FN3O4.CH4/c1-36-28(35)21-11-12-22(31-17-21)15-25(33)26-23(18-5-3-2-4-6-18)13-14-32(26)27(34)20-9-7-19(8-10-20)24(30)16-29;/h2-6,11-12,17,19-20,23-24,26H,7-10,13-16,30H2,1H3;1H4/t19?,20?,23-,24?,26+;/m1./s1. The molecule has 0 radical (unpaired) electrons. The number of methoxy groups -OCH3 is 1. The molecule has 4 rings (SSSR count). The van der Waals surface area contributed by atoms with Crippen LogP contribution in [-0.4, -0.2) is 60.0 Å². The lowest BCUT2D eigenvalue weighted by Crippen LogP contribution is -2.47. The summed E-state index contributed by atoms with van der Waals surface area (Å²) in [5.41, 5.74) is 7.79. The minimum absolute atomic E-state index is 0. The van der Waals surface area contributed by atoms with Crippen LogP contribution >= 0.6 is 0 Å². The lowest BCUT2D eigenvalue weighted by Gasteiger charge is -2.35. The quantitative estimate of drug-likeness (QED) is 0.535. The molecule has 200 valence electrons. The maximum Gasteiger partial charge on any atom is 0.339 e. The van der Waals surface area contributed by atoms with Crippen LogP contribution in [0.4, 0.5) is 4.39 Å². The van der Waals surface area contributed by atoms with Crippen molar-refractivity contribution in [1.29, 1.82) is 0 Å². The molecule has 0 bridgehead atoms. The Balaban J connectivity index is 0.00000380. The van der Waals surface area contributed by atoms with E-state index in [1.807, 2.05) is 30.3 Å². The molecule has 2 N–H and O–H groups in total. The van der Waals surface area contributed by atoms with Crippen LogP contribution < -0.4 is 5.73 Å². The zero-order valence-corrected chi connectivity index (χ0v) is 20.6. The van der Waals surface area contributed by atoms with Crippen molar-refractivity contribution in [3.8, 4) is 0 Å². The van der Waals surface area contributed by atoms with Crippen molar-refractivity contribution in [3.63, 3.8) is 0 Å². The summed E-state index contributed by atoms with van der Waals surface area (Å²) in [7, 11) is 1.30. The molecule has 2 aromatic rings. The number of halogens is 1. The fourth-order valence-corrected chi connectivity index (χ4v) is 5.69. The average Bonchev–Trinajstić information content (AvgIpc) is 3.38. The maximum atomic E-state index is 13.7. The second-order valence-electron chi connectivity index (χ2n) is 9.89. The Labute approximate surface area is 218 Å². The molecular formula is C29H38FN3O4. The highest BCUT2D eigenvalue weighted by molar-refractivity contribution is 5.93. The van der Waals surface area contributed by atoms with Crippen LogP contribution in [0.5, 0.6) is 0 Å². The van der Waals surface area contributed by atoms with Gasteiger partial charge in [-0.1, -0.05) is 37.8 Å². The van der Waals surface area contributed by atoms with Gasteiger partial charge < -0.3 is 15.4 Å². The molecule has 1 saturated carbocycles. The van der Waals surface area contributed by atoms with Crippen LogP contribution in [0, 0.1) is 11.8 Å². The normalized spacial score (nSPS) is 24.1. The largest absolute Gasteiger partial charge is 0.465 e. The number of benzene rings is 1. The van der Waals surface area contributed by atoms with Crippen LogP contribution in [0.15, 0.2) is 48.7 Å². The second kappa shape index (κ2) is 12.9. The number of aromatic nitrogens is 1. The van der Waals surface area contributed by atoms with Crippen molar-refractivity contribution in [3.05, 3.63) is 65.5 Å². The maximum absolute atomic E-state index is 13.7. The number of nitrogens with two attached hydrogens (primary N) is 1. The summed E-state index contributed by atoms with van der Waals surface area (Å²) in [6.45, 7) is -0.0210. The van der Waals surface area contributed by atoms with E-state index in [4.69, 9.17) is 10.5 Å². The number of carbonyl (C=O) groups excluding carboxylic acids is 3. The number of amides is 1. The molecule has 37 heavy (non-hydrogen) atoms. The molecule has 2 heterocycles. The number of pyridine rings is 1. The summed E-state index contributed by atoms with van der Waals surface area (Å²) < 4.78 is 17.7. The molecule has 2 fully saturated rings. The van der Waals surface area contributed by atoms with Crippen LogP contribution in [0.1, 0.15) is 67.1 Å². The van der Waals surface area contributed by atoms with Gasteiger partial charge in [0.1, 0.15) is 6.67 Å². The van der Waals surface area contributed by atoms with Gasteiger partial charge in [0.15, 0.2) is 5.78 Å². The van der Waals surface area contributed by atoms with Gasteiger partial charge >= 0.3 is 5.97 Å². The van der Waals surface area contributed by atoms with Crippen LogP contribution in [0.2, 0.25) is 0 Å². The Morgan fingerprint density at radius 3 is 2.38 bits per heavy atom. The average molecular weight is 512 g/mol. The van der Waals surface area contributed by atoms with E-state index in [9.17, 15) is 18.8 Å². The topological polar surface area (TPSA) is 103 Å². The summed E-state index contributed by atoms with van der Waals surface area (Å²) in [4.78, 5) is 45.1. The van der Waals surface area contributed by atoms with Crippen LogP contribution in [0.25, 0.3) is 0 Å². The predicted molar refractivity (Wildman–Crippen MR) is 140 cm³/mol. The molecule has 2 aliphatic rings. The number of likely N-dealkylation sites (tertiary alicyclic amines) is 1. The number of Topliss-reactive ketones (excluding diaryl/α,β-unsaturated/α-hetero) is 1. The summed E-state index contributed by atoms with van der Waals surface area (Å²) in [6.07, 6.45) is 4.98. The SMILES string of the molecule is C.COC(=O)c1ccc(CC(=O)[C@@H]2[C@@H](c3ccccc3)CCN2C(=O)C2CCC(C(N)CF)CC2)nc1. The van der Waals surface area contributed by atoms with Crippen molar-refractivity contribution < 1.29 is 23.5 Å². The van der Waals surface area contributed by atoms with Crippen molar-refractivity contribution in [2.45, 2.75) is 64.0 Å². The van der Waals surface area contributed by atoms with Crippen molar-refractivity contribution >= 4 is 17.7 Å². The van der Waals surface area contributed by atoms with Crippen LogP contribution in [-0.2, 0) is 20.7 Å². The van der Waals surface area contributed by atoms with Crippen LogP contribution in [0.3, 0.4) is 0 Å². The van der Waals surface area contributed by atoms with Gasteiger partial charge in [-0.3, -0.25) is 14.6 Å². The number of esters is 1. The number of ketones is 1. The van der Waals surface area contributed by atoms with Gasteiger partial charge in [-0.25, -0.2) is 9.18 Å². The van der Waals surface area contributed by atoms with Gasteiger partial charge in [-0.05, 0) is 55.7 Å². The zero-order chi connectivity index (χ0) is 25.7. The smallest absolute Gasteiger partial charge is 0.339 e. The molecule has 7 nitrogen and oxygen atoms in total. The monoisotopic (exact) mass is 511 g/mol. The number of rotatable bonds is 8. The molecule has 1 unspecified atom stereocenters.